The number of rotatable bonds is 2. The lowest BCUT2D eigenvalue weighted by molar-refractivity contribution is -0.421. The van der Waals surface area contributed by atoms with E-state index in [1.54, 1.807) is 12.4 Å². The van der Waals surface area contributed by atoms with E-state index in [0.717, 1.165) is 12.4 Å². The van der Waals surface area contributed by atoms with Crippen molar-refractivity contribution in [2.24, 2.45) is 0 Å². The van der Waals surface area contributed by atoms with Crippen LogP contribution in [0.4, 0.5) is 11.4 Å². The largest absolute Gasteiger partial charge is 0.363 e. The molecule has 0 fully saturated rings. The van der Waals surface area contributed by atoms with Gasteiger partial charge in [0.15, 0.2) is 0 Å². The van der Waals surface area contributed by atoms with E-state index in [9.17, 15) is 20.2 Å². The number of H-pyrrole nitrogens is 1. The third-order valence-corrected chi connectivity index (χ3v) is 1.66. The van der Waals surface area contributed by atoms with Gasteiger partial charge in [0.2, 0.25) is 0 Å². The van der Waals surface area contributed by atoms with Gasteiger partial charge in [-0.15, -0.1) is 0 Å². The first kappa shape index (κ1) is 12.3. The second-order valence-electron chi connectivity index (χ2n) is 2.76. The van der Waals surface area contributed by atoms with Gasteiger partial charge in [0.25, 0.3) is 0 Å². The molecule has 0 saturated carbocycles. The van der Waals surface area contributed by atoms with Gasteiger partial charge in [0.1, 0.15) is 0 Å². The quantitative estimate of drug-likeness (QED) is 0.631. The maximum Gasteiger partial charge on any atom is 0.363 e. The summed E-state index contributed by atoms with van der Waals surface area (Å²) in [6.07, 6.45) is 5.44. The van der Waals surface area contributed by atoms with E-state index < -0.39 is 21.2 Å². The SMILES string of the molecule is O=[N+]([O-])c1c[nH]cc1[N+](=O)[O-].c1ccncc1. The van der Waals surface area contributed by atoms with Crippen molar-refractivity contribution in [3.63, 3.8) is 0 Å². The molecule has 0 saturated heterocycles. The molecule has 88 valence electrons. The number of aromatic amines is 1. The standard InChI is InChI=1S/C5H5N.C4H3N3O4/c1-2-4-6-5-3-1;8-6(9)3-1-5-2-4(3)7(10)11/h1-5H;1-2,5H. The van der Waals surface area contributed by atoms with Crippen LogP contribution in [0.2, 0.25) is 0 Å². The van der Waals surface area contributed by atoms with Crippen molar-refractivity contribution in [2.75, 3.05) is 0 Å². The van der Waals surface area contributed by atoms with Crippen molar-refractivity contribution in [3.05, 3.63) is 63.2 Å². The summed E-state index contributed by atoms with van der Waals surface area (Å²) < 4.78 is 0. The molecule has 0 unspecified atom stereocenters. The highest BCUT2D eigenvalue weighted by Crippen LogP contribution is 2.24. The second-order valence-corrected chi connectivity index (χ2v) is 2.76. The molecule has 8 heteroatoms. The van der Waals surface area contributed by atoms with Gasteiger partial charge in [-0.2, -0.15) is 0 Å². The lowest BCUT2D eigenvalue weighted by Gasteiger charge is -1.84. The number of hydrogen-bond acceptors (Lipinski definition) is 5. The van der Waals surface area contributed by atoms with E-state index in [4.69, 9.17) is 0 Å². The normalized spacial score (nSPS) is 8.94. The highest BCUT2D eigenvalue weighted by molar-refractivity contribution is 5.49. The minimum atomic E-state index is -0.811. The molecule has 0 radical (unpaired) electrons. The number of nitrogens with zero attached hydrogens (tertiary/aromatic N) is 3. The molecule has 17 heavy (non-hydrogen) atoms. The van der Waals surface area contributed by atoms with Gasteiger partial charge in [-0.3, -0.25) is 25.2 Å². The Balaban J connectivity index is 0.000000202. The Morgan fingerprint density at radius 3 is 1.65 bits per heavy atom. The zero-order valence-electron chi connectivity index (χ0n) is 8.52. The van der Waals surface area contributed by atoms with Crippen molar-refractivity contribution in [1.82, 2.24) is 9.97 Å². The molecule has 2 aromatic heterocycles. The van der Waals surface area contributed by atoms with Gasteiger partial charge in [-0.1, -0.05) is 6.07 Å². The third kappa shape index (κ3) is 3.70. The Morgan fingerprint density at radius 2 is 1.41 bits per heavy atom. The maximum absolute atomic E-state index is 10.1. The lowest BCUT2D eigenvalue weighted by Crippen LogP contribution is -1.91. The summed E-state index contributed by atoms with van der Waals surface area (Å²) in [6.45, 7) is 0. The molecule has 1 N–H and O–H groups in total. The van der Waals surface area contributed by atoms with Gasteiger partial charge in [0.05, 0.1) is 22.2 Å². The zero-order valence-corrected chi connectivity index (χ0v) is 8.52. The Bertz CT molecular complexity index is 441. The smallest absolute Gasteiger partial charge is 0.356 e. The van der Waals surface area contributed by atoms with E-state index >= 15 is 0 Å². The molecule has 0 bridgehead atoms. The van der Waals surface area contributed by atoms with Gasteiger partial charge in [-0.05, 0) is 12.1 Å². The fourth-order valence-electron chi connectivity index (χ4n) is 0.952. The zero-order chi connectivity index (χ0) is 12.7. The molecule has 0 aliphatic rings. The number of hydrogen-bond donors (Lipinski definition) is 1. The van der Waals surface area contributed by atoms with Gasteiger partial charge < -0.3 is 4.98 Å². The van der Waals surface area contributed by atoms with Gasteiger partial charge in [0, 0.05) is 12.4 Å². The van der Waals surface area contributed by atoms with Crippen LogP contribution in [-0.4, -0.2) is 19.8 Å². The predicted molar refractivity (Wildman–Crippen MR) is 58.3 cm³/mol. The summed E-state index contributed by atoms with van der Waals surface area (Å²) in [7, 11) is 0. The minimum absolute atomic E-state index is 0.519. The lowest BCUT2D eigenvalue weighted by atomic mass is 10.5. The van der Waals surface area contributed by atoms with Crippen LogP contribution in [0.3, 0.4) is 0 Å². The molecule has 2 heterocycles. The summed E-state index contributed by atoms with van der Waals surface area (Å²) in [4.78, 5) is 24.6. The monoisotopic (exact) mass is 236 g/mol. The number of aromatic nitrogens is 2. The topological polar surface area (TPSA) is 115 Å². The van der Waals surface area contributed by atoms with Crippen molar-refractivity contribution < 1.29 is 9.85 Å². The Labute approximate surface area is 95.2 Å². The molecule has 0 aliphatic heterocycles. The summed E-state index contributed by atoms with van der Waals surface area (Å²) in [5.74, 6) is 0. The van der Waals surface area contributed by atoms with E-state index in [0.29, 0.717) is 0 Å². The van der Waals surface area contributed by atoms with Crippen LogP contribution in [0.25, 0.3) is 0 Å². The van der Waals surface area contributed by atoms with Crippen LogP contribution in [-0.2, 0) is 0 Å². The van der Waals surface area contributed by atoms with Gasteiger partial charge >= 0.3 is 11.4 Å². The van der Waals surface area contributed by atoms with E-state index in [1.807, 2.05) is 18.2 Å². The highest BCUT2D eigenvalue weighted by Gasteiger charge is 2.24. The molecule has 0 amide bonds. The first-order valence-electron chi connectivity index (χ1n) is 4.43. The molecule has 0 aliphatic carbocycles. The molecular formula is C9H8N4O4. The predicted octanol–water partition coefficient (Wildman–Crippen LogP) is 1.91. The highest BCUT2D eigenvalue weighted by atomic mass is 16.6. The van der Waals surface area contributed by atoms with Gasteiger partial charge in [-0.25, -0.2) is 0 Å². The molecule has 8 nitrogen and oxygen atoms in total. The summed E-state index contributed by atoms with van der Waals surface area (Å²) in [5.41, 5.74) is -1.04. The second kappa shape index (κ2) is 5.95. The molecule has 2 aromatic rings. The van der Waals surface area contributed by atoms with Crippen molar-refractivity contribution in [3.8, 4) is 0 Å². The maximum atomic E-state index is 10.1. The molecule has 0 aromatic carbocycles. The Kier molecular flexibility index (Phi) is 4.31. The van der Waals surface area contributed by atoms with Crippen LogP contribution in [0.15, 0.2) is 43.0 Å². The van der Waals surface area contributed by atoms with Crippen molar-refractivity contribution >= 4 is 11.4 Å². The average Bonchev–Trinajstić information content (AvgIpc) is 2.81. The molecule has 2 rings (SSSR count). The fourth-order valence-corrected chi connectivity index (χ4v) is 0.952. The molecule has 0 atom stereocenters. The van der Waals surface area contributed by atoms with E-state index in [-0.39, 0.29) is 0 Å². The average molecular weight is 236 g/mol. The Hall–Kier alpha value is -2.77. The molecular weight excluding hydrogens is 228 g/mol. The van der Waals surface area contributed by atoms with Crippen LogP contribution in [0, 0.1) is 20.2 Å². The van der Waals surface area contributed by atoms with Crippen LogP contribution in [0.1, 0.15) is 0 Å². The summed E-state index contributed by atoms with van der Waals surface area (Å²) >= 11 is 0. The minimum Gasteiger partial charge on any atom is -0.356 e. The Morgan fingerprint density at radius 1 is 0.941 bits per heavy atom. The number of nitro groups is 2. The van der Waals surface area contributed by atoms with Crippen molar-refractivity contribution in [2.45, 2.75) is 0 Å². The fraction of sp³-hybridized carbons (Fsp3) is 0. The van der Waals surface area contributed by atoms with E-state index in [1.165, 1.54) is 0 Å². The number of nitrogens with one attached hydrogen (secondary N) is 1. The first-order valence-corrected chi connectivity index (χ1v) is 4.43. The van der Waals surface area contributed by atoms with E-state index in [2.05, 4.69) is 9.97 Å². The first-order chi connectivity index (χ1) is 8.13. The van der Waals surface area contributed by atoms with Crippen LogP contribution < -0.4 is 0 Å². The van der Waals surface area contributed by atoms with Crippen LogP contribution in [0.5, 0.6) is 0 Å². The third-order valence-electron chi connectivity index (χ3n) is 1.66. The molecule has 0 spiro atoms. The summed E-state index contributed by atoms with van der Waals surface area (Å²) in [5, 5.41) is 20.1. The van der Waals surface area contributed by atoms with Crippen molar-refractivity contribution in [1.29, 1.82) is 0 Å². The van der Waals surface area contributed by atoms with Crippen LogP contribution >= 0.6 is 0 Å². The summed E-state index contributed by atoms with van der Waals surface area (Å²) in [6, 6.07) is 5.72. The number of pyridine rings is 1.